The van der Waals surface area contributed by atoms with Crippen LogP contribution in [0, 0.1) is 6.92 Å². The van der Waals surface area contributed by atoms with Crippen molar-refractivity contribution in [1.82, 2.24) is 9.47 Å². The third kappa shape index (κ3) is 4.72. The highest BCUT2D eigenvalue weighted by Crippen LogP contribution is 2.39. The Morgan fingerprint density at radius 2 is 1.61 bits per heavy atom. The van der Waals surface area contributed by atoms with Crippen molar-refractivity contribution in [3.63, 3.8) is 0 Å². The molecule has 0 aliphatic carbocycles. The first-order valence-electron chi connectivity index (χ1n) is 11.3. The molecule has 1 heterocycles. The third-order valence-corrected chi connectivity index (χ3v) is 5.99. The largest absolute Gasteiger partial charge is 0.497 e. The number of carbonyl (C=O) groups is 1. The molecule has 170 valence electrons. The molecule has 33 heavy (non-hydrogen) atoms. The van der Waals surface area contributed by atoms with Gasteiger partial charge in [-0.1, -0.05) is 42.0 Å². The van der Waals surface area contributed by atoms with Gasteiger partial charge in [0.1, 0.15) is 11.5 Å². The molecule has 0 saturated heterocycles. The predicted molar refractivity (Wildman–Crippen MR) is 133 cm³/mol. The van der Waals surface area contributed by atoms with Crippen molar-refractivity contribution in [3.05, 3.63) is 84.1 Å². The van der Waals surface area contributed by atoms with Gasteiger partial charge in [0.05, 0.1) is 7.11 Å². The van der Waals surface area contributed by atoms with Crippen LogP contribution in [0.25, 0.3) is 22.0 Å². The minimum absolute atomic E-state index is 0.340. The number of aryl methyl sites for hydroxylation is 1. The van der Waals surface area contributed by atoms with E-state index in [9.17, 15) is 4.79 Å². The molecule has 0 saturated carbocycles. The Hall–Kier alpha value is -3.73. The van der Waals surface area contributed by atoms with Crippen LogP contribution in [0.4, 0.5) is 4.79 Å². The van der Waals surface area contributed by atoms with Gasteiger partial charge in [-0.15, -0.1) is 0 Å². The average Bonchev–Trinajstić information content (AvgIpc) is 3.24. The van der Waals surface area contributed by atoms with Gasteiger partial charge in [-0.2, -0.15) is 0 Å². The highest BCUT2D eigenvalue weighted by atomic mass is 16.6. The molecular formula is C28H30N2O3. The molecule has 0 aliphatic rings. The second kappa shape index (κ2) is 9.82. The van der Waals surface area contributed by atoms with Crippen molar-refractivity contribution in [3.8, 4) is 22.6 Å². The van der Waals surface area contributed by atoms with Crippen LogP contribution in [-0.2, 0) is 6.54 Å². The Bertz CT molecular complexity index is 1240. The van der Waals surface area contributed by atoms with Crippen LogP contribution in [0.2, 0.25) is 0 Å². The number of fused-ring (bicyclic) bond motifs is 1. The average molecular weight is 443 g/mol. The Kier molecular flexibility index (Phi) is 6.68. The lowest BCUT2D eigenvalue weighted by Gasteiger charge is -2.20. The molecular weight excluding hydrogens is 412 g/mol. The maximum absolute atomic E-state index is 12.7. The van der Waals surface area contributed by atoms with Crippen LogP contribution in [0.3, 0.4) is 0 Å². The second-order valence-electron chi connectivity index (χ2n) is 8.07. The molecule has 0 unspecified atom stereocenters. The van der Waals surface area contributed by atoms with E-state index in [1.165, 1.54) is 11.1 Å². The molecule has 0 bridgehead atoms. The molecule has 0 atom stereocenters. The van der Waals surface area contributed by atoms with Gasteiger partial charge in [-0.3, -0.25) is 0 Å². The van der Waals surface area contributed by atoms with Gasteiger partial charge in [-0.05, 0) is 62.2 Å². The first kappa shape index (κ1) is 22.5. The molecule has 5 nitrogen and oxygen atoms in total. The van der Waals surface area contributed by atoms with Gasteiger partial charge in [0.2, 0.25) is 0 Å². The van der Waals surface area contributed by atoms with Gasteiger partial charge >= 0.3 is 6.09 Å². The summed E-state index contributed by atoms with van der Waals surface area (Å²) < 4.78 is 13.5. The number of ether oxygens (including phenoxy) is 2. The van der Waals surface area contributed by atoms with E-state index in [1.807, 2.05) is 50.2 Å². The van der Waals surface area contributed by atoms with Crippen molar-refractivity contribution >= 4 is 17.0 Å². The lowest BCUT2D eigenvalue weighted by molar-refractivity contribution is 0.157. The van der Waals surface area contributed by atoms with Crippen LogP contribution < -0.4 is 9.47 Å². The standard InChI is InChI=1S/C28H30N2O3/c1-5-29(6-2)28(31)33-26-16-15-25-24(27(26)22-11-13-23(32-4)14-12-22)17-18-30(25)19-21-9-7-20(3)8-10-21/h7-18H,5-6,19H2,1-4H3. The highest BCUT2D eigenvalue weighted by molar-refractivity contribution is 5.99. The normalized spacial score (nSPS) is 10.9. The topological polar surface area (TPSA) is 43.7 Å². The van der Waals surface area contributed by atoms with Crippen molar-refractivity contribution in [2.45, 2.75) is 27.3 Å². The fourth-order valence-electron chi connectivity index (χ4n) is 4.06. The van der Waals surface area contributed by atoms with Gasteiger partial charge in [0.15, 0.2) is 0 Å². The lowest BCUT2D eigenvalue weighted by Crippen LogP contribution is -2.33. The molecule has 0 N–H and O–H groups in total. The Balaban J connectivity index is 1.79. The molecule has 1 amide bonds. The van der Waals surface area contributed by atoms with E-state index >= 15 is 0 Å². The zero-order chi connectivity index (χ0) is 23.4. The predicted octanol–water partition coefficient (Wildman–Crippen LogP) is 6.51. The zero-order valence-electron chi connectivity index (χ0n) is 19.7. The summed E-state index contributed by atoms with van der Waals surface area (Å²) in [7, 11) is 1.65. The maximum atomic E-state index is 12.7. The summed E-state index contributed by atoms with van der Waals surface area (Å²) in [4.78, 5) is 14.4. The van der Waals surface area contributed by atoms with E-state index in [2.05, 4.69) is 48.0 Å². The molecule has 3 aromatic carbocycles. The number of aromatic nitrogens is 1. The molecule has 1 aromatic heterocycles. The van der Waals surface area contributed by atoms with Crippen molar-refractivity contribution in [1.29, 1.82) is 0 Å². The molecule has 0 fully saturated rings. The van der Waals surface area contributed by atoms with Crippen LogP contribution in [0.5, 0.6) is 11.5 Å². The van der Waals surface area contributed by atoms with Gasteiger partial charge in [0.25, 0.3) is 0 Å². The number of benzene rings is 3. The molecule has 0 spiro atoms. The van der Waals surface area contributed by atoms with Crippen LogP contribution in [0.1, 0.15) is 25.0 Å². The fraction of sp³-hybridized carbons (Fsp3) is 0.250. The molecule has 5 heteroatoms. The number of methoxy groups -OCH3 is 1. The molecule has 0 aliphatic heterocycles. The second-order valence-corrected chi connectivity index (χ2v) is 8.07. The number of nitrogens with zero attached hydrogens (tertiary/aromatic N) is 2. The Labute approximate surface area is 195 Å². The Morgan fingerprint density at radius 1 is 0.909 bits per heavy atom. The molecule has 4 rings (SSSR count). The van der Waals surface area contributed by atoms with E-state index in [0.29, 0.717) is 18.8 Å². The summed E-state index contributed by atoms with van der Waals surface area (Å²) in [5.41, 5.74) is 5.44. The van der Waals surface area contributed by atoms with Crippen LogP contribution in [0.15, 0.2) is 72.9 Å². The summed E-state index contributed by atoms with van der Waals surface area (Å²) in [6.45, 7) is 7.96. The first-order chi connectivity index (χ1) is 16.0. The minimum atomic E-state index is -0.340. The summed E-state index contributed by atoms with van der Waals surface area (Å²) in [6, 6.07) is 22.5. The van der Waals surface area contributed by atoms with E-state index in [-0.39, 0.29) is 6.09 Å². The minimum Gasteiger partial charge on any atom is -0.497 e. The van der Waals surface area contributed by atoms with E-state index in [4.69, 9.17) is 9.47 Å². The summed E-state index contributed by atoms with van der Waals surface area (Å²) in [6.07, 6.45) is 1.75. The van der Waals surface area contributed by atoms with Crippen molar-refractivity contribution < 1.29 is 14.3 Å². The summed E-state index contributed by atoms with van der Waals surface area (Å²) in [5, 5.41) is 1.04. The lowest BCUT2D eigenvalue weighted by atomic mass is 10.0. The van der Waals surface area contributed by atoms with Crippen molar-refractivity contribution in [2.24, 2.45) is 0 Å². The Morgan fingerprint density at radius 3 is 2.24 bits per heavy atom. The van der Waals surface area contributed by atoms with E-state index < -0.39 is 0 Å². The number of hydrogen-bond donors (Lipinski definition) is 0. The quantitative estimate of drug-likeness (QED) is 0.327. The number of rotatable bonds is 7. The summed E-state index contributed by atoms with van der Waals surface area (Å²) in [5.74, 6) is 1.34. The molecule has 0 radical (unpaired) electrons. The first-order valence-corrected chi connectivity index (χ1v) is 11.3. The maximum Gasteiger partial charge on any atom is 0.415 e. The van der Waals surface area contributed by atoms with Crippen LogP contribution >= 0.6 is 0 Å². The van der Waals surface area contributed by atoms with Crippen LogP contribution in [-0.4, -0.2) is 35.8 Å². The number of amides is 1. The monoisotopic (exact) mass is 442 g/mol. The summed E-state index contributed by atoms with van der Waals surface area (Å²) >= 11 is 0. The third-order valence-electron chi connectivity index (χ3n) is 5.99. The van der Waals surface area contributed by atoms with Gasteiger partial charge in [0, 0.05) is 42.3 Å². The number of hydrogen-bond acceptors (Lipinski definition) is 3. The van der Waals surface area contributed by atoms with Gasteiger partial charge < -0.3 is 18.9 Å². The van der Waals surface area contributed by atoms with E-state index in [1.54, 1.807) is 12.0 Å². The van der Waals surface area contributed by atoms with Crippen molar-refractivity contribution in [2.75, 3.05) is 20.2 Å². The zero-order valence-corrected chi connectivity index (χ0v) is 19.7. The van der Waals surface area contributed by atoms with E-state index in [0.717, 1.165) is 34.3 Å². The smallest absolute Gasteiger partial charge is 0.415 e. The number of carbonyl (C=O) groups excluding carboxylic acids is 1. The van der Waals surface area contributed by atoms with Gasteiger partial charge in [-0.25, -0.2) is 4.79 Å². The molecule has 4 aromatic rings. The fourth-order valence-corrected chi connectivity index (χ4v) is 4.06. The highest BCUT2D eigenvalue weighted by Gasteiger charge is 2.19. The SMILES string of the molecule is CCN(CC)C(=O)Oc1ccc2c(ccn2Cc2ccc(C)cc2)c1-c1ccc(OC)cc1.